The first-order valence-electron chi connectivity index (χ1n) is 9.46. The second kappa shape index (κ2) is 8.55. The summed E-state index contributed by atoms with van der Waals surface area (Å²) in [4.78, 5) is 15.8. The SMILES string of the molecule is CCN1CCN(c2cc(Sc3ccccc3)nc(-c3ccccc3)n2)CC1. The lowest BCUT2D eigenvalue weighted by molar-refractivity contribution is 0.270. The predicted molar refractivity (Wildman–Crippen MR) is 112 cm³/mol. The van der Waals surface area contributed by atoms with E-state index in [1.54, 1.807) is 11.8 Å². The highest BCUT2D eigenvalue weighted by atomic mass is 32.2. The largest absolute Gasteiger partial charge is 0.354 e. The summed E-state index contributed by atoms with van der Waals surface area (Å²) in [5.41, 5.74) is 1.06. The van der Waals surface area contributed by atoms with Gasteiger partial charge in [0.15, 0.2) is 5.82 Å². The van der Waals surface area contributed by atoms with Crippen LogP contribution in [0.5, 0.6) is 0 Å². The first-order valence-corrected chi connectivity index (χ1v) is 10.3. The van der Waals surface area contributed by atoms with Crippen LogP contribution in [0.2, 0.25) is 0 Å². The Balaban J connectivity index is 1.66. The lowest BCUT2D eigenvalue weighted by Gasteiger charge is -2.35. The van der Waals surface area contributed by atoms with E-state index in [0.717, 1.165) is 55.0 Å². The Bertz CT molecular complexity index is 862. The molecule has 0 N–H and O–H groups in total. The van der Waals surface area contributed by atoms with Gasteiger partial charge in [0.2, 0.25) is 0 Å². The molecule has 5 heteroatoms. The van der Waals surface area contributed by atoms with Crippen molar-refractivity contribution in [3.05, 3.63) is 66.7 Å². The number of nitrogens with zero attached hydrogens (tertiary/aromatic N) is 4. The number of anilines is 1. The average molecular weight is 377 g/mol. The second-order valence-electron chi connectivity index (χ2n) is 6.59. The third-order valence-corrected chi connectivity index (χ3v) is 5.76. The van der Waals surface area contributed by atoms with E-state index in [1.165, 1.54) is 4.90 Å². The molecule has 0 unspecified atom stereocenters. The van der Waals surface area contributed by atoms with Crippen molar-refractivity contribution in [1.82, 2.24) is 14.9 Å². The van der Waals surface area contributed by atoms with Gasteiger partial charge in [0.25, 0.3) is 0 Å². The van der Waals surface area contributed by atoms with E-state index < -0.39 is 0 Å². The fourth-order valence-corrected chi connectivity index (χ4v) is 4.08. The maximum Gasteiger partial charge on any atom is 0.162 e. The van der Waals surface area contributed by atoms with Crippen LogP contribution in [0.25, 0.3) is 11.4 Å². The van der Waals surface area contributed by atoms with Crippen molar-refractivity contribution < 1.29 is 0 Å². The van der Waals surface area contributed by atoms with E-state index in [2.05, 4.69) is 59.2 Å². The summed E-state index contributed by atoms with van der Waals surface area (Å²) in [6.07, 6.45) is 0. The summed E-state index contributed by atoms with van der Waals surface area (Å²) < 4.78 is 0. The molecule has 1 aliphatic heterocycles. The lowest BCUT2D eigenvalue weighted by atomic mass is 10.2. The smallest absolute Gasteiger partial charge is 0.162 e. The van der Waals surface area contributed by atoms with Crippen LogP contribution in [-0.4, -0.2) is 47.6 Å². The molecule has 0 amide bonds. The van der Waals surface area contributed by atoms with Crippen LogP contribution < -0.4 is 4.90 Å². The van der Waals surface area contributed by atoms with E-state index in [9.17, 15) is 0 Å². The minimum absolute atomic E-state index is 0.796. The Morgan fingerprint density at radius 1 is 0.852 bits per heavy atom. The molecule has 0 aliphatic carbocycles. The summed E-state index contributed by atoms with van der Waals surface area (Å²) >= 11 is 1.69. The molecule has 1 aliphatic rings. The highest BCUT2D eigenvalue weighted by molar-refractivity contribution is 7.99. The van der Waals surface area contributed by atoms with Gasteiger partial charge in [-0.1, -0.05) is 67.2 Å². The molecule has 0 radical (unpaired) electrons. The number of hydrogen-bond acceptors (Lipinski definition) is 5. The van der Waals surface area contributed by atoms with Crippen LogP contribution in [0, 0.1) is 0 Å². The maximum absolute atomic E-state index is 4.90. The summed E-state index contributed by atoms with van der Waals surface area (Å²) in [6.45, 7) is 7.53. The molecule has 0 atom stereocenters. The number of likely N-dealkylation sites (N-methyl/N-ethyl adjacent to an activating group) is 1. The van der Waals surface area contributed by atoms with Crippen molar-refractivity contribution in [2.45, 2.75) is 16.8 Å². The van der Waals surface area contributed by atoms with Gasteiger partial charge < -0.3 is 9.80 Å². The molecule has 1 fully saturated rings. The monoisotopic (exact) mass is 376 g/mol. The first-order chi connectivity index (χ1) is 13.3. The van der Waals surface area contributed by atoms with E-state index >= 15 is 0 Å². The zero-order valence-electron chi connectivity index (χ0n) is 15.6. The van der Waals surface area contributed by atoms with Crippen LogP contribution in [0.1, 0.15) is 6.92 Å². The molecule has 2 aromatic carbocycles. The van der Waals surface area contributed by atoms with Gasteiger partial charge in [0, 0.05) is 42.7 Å². The molecule has 0 saturated carbocycles. The van der Waals surface area contributed by atoms with Gasteiger partial charge in [0.1, 0.15) is 10.8 Å². The Labute approximate surface area is 165 Å². The Hall–Kier alpha value is -2.37. The molecule has 1 aromatic heterocycles. The topological polar surface area (TPSA) is 32.3 Å². The van der Waals surface area contributed by atoms with Gasteiger partial charge in [-0.25, -0.2) is 9.97 Å². The van der Waals surface area contributed by atoms with Gasteiger partial charge in [-0.05, 0) is 18.7 Å². The number of aromatic nitrogens is 2. The van der Waals surface area contributed by atoms with Crippen molar-refractivity contribution in [2.24, 2.45) is 0 Å². The molecule has 0 spiro atoms. The number of benzene rings is 2. The number of rotatable bonds is 5. The van der Waals surface area contributed by atoms with Crippen molar-refractivity contribution in [2.75, 3.05) is 37.6 Å². The Morgan fingerprint density at radius 2 is 1.52 bits per heavy atom. The number of piperazine rings is 1. The van der Waals surface area contributed by atoms with E-state index in [-0.39, 0.29) is 0 Å². The molecule has 138 valence electrons. The van der Waals surface area contributed by atoms with Crippen molar-refractivity contribution in [3.8, 4) is 11.4 Å². The molecule has 0 bridgehead atoms. The normalized spacial score (nSPS) is 15.1. The molecule has 27 heavy (non-hydrogen) atoms. The van der Waals surface area contributed by atoms with Crippen molar-refractivity contribution in [3.63, 3.8) is 0 Å². The van der Waals surface area contributed by atoms with Crippen LogP contribution >= 0.6 is 11.8 Å². The zero-order valence-corrected chi connectivity index (χ0v) is 16.4. The van der Waals surface area contributed by atoms with Gasteiger partial charge >= 0.3 is 0 Å². The van der Waals surface area contributed by atoms with Gasteiger partial charge in [-0.3, -0.25) is 0 Å². The molecule has 2 heterocycles. The quantitative estimate of drug-likeness (QED) is 0.615. The molecule has 4 rings (SSSR count). The molecule has 3 aromatic rings. The molecule has 4 nitrogen and oxygen atoms in total. The van der Waals surface area contributed by atoms with E-state index in [4.69, 9.17) is 9.97 Å². The molecular formula is C22H24N4S. The highest BCUT2D eigenvalue weighted by Gasteiger charge is 2.19. The highest BCUT2D eigenvalue weighted by Crippen LogP contribution is 2.30. The van der Waals surface area contributed by atoms with E-state index in [0.29, 0.717) is 0 Å². The van der Waals surface area contributed by atoms with Crippen LogP contribution in [-0.2, 0) is 0 Å². The van der Waals surface area contributed by atoms with E-state index in [1.807, 2.05) is 24.3 Å². The summed E-state index contributed by atoms with van der Waals surface area (Å²) in [6, 6.07) is 22.8. The lowest BCUT2D eigenvalue weighted by Crippen LogP contribution is -2.46. The third kappa shape index (κ3) is 4.49. The summed E-state index contributed by atoms with van der Waals surface area (Å²) in [7, 11) is 0. The third-order valence-electron chi connectivity index (χ3n) is 4.83. The Kier molecular flexibility index (Phi) is 5.70. The fraction of sp³-hybridized carbons (Fsp3) is 0.273. The van der Waals surface area contributed by atoms with Crippen molar-refractivity contribution >= 4 is 17.6 Å². The zero-order chi connectivity index (χ0) is 18.5. The predicted octanol–water partition coefficient (Wildman–Crippen LogP) is 4.44. The van der Waals surface area contributed by atoms with Crippen LogP contribution in [0.15, 0.2) is 76.7 Å². The van der Waals surface area contributed by atoms with Gasteiger partial charge in [-0.15, -0.1) is 0 Å². The minimum Gasteiger partial charge on any atom is -0.354 e. The average Bonchev–Trinajstić information content (AvgIpc) is 2.75. The van der Waals surface area contributed by atoms with Crippen LogP contribution in [0.3, 0.4) is 0 Å². The summed E-state index contributed by atoms with van der Waals surface area (Å²) in [5, 5.41) is 0.989. The fourth-order valence-electron chi connectivity index (χ4n) is 3.25. The second-order valence-corrected chi connectivity index (χ2v) is 7.68. The maximum atomic E-state index is 4.90. The number of hydrogen-bond donors (Lipinski definition) is 0. The summed E-state index contributed by atoms with van der Waals surface area (Å²) in [5.74, 6) is 1.82. The van der Waals surface area contributed by atoms with Crippen molar-refractivity contribution in [1.29, 1.82) is 0 Å². The first kappa shape index (κ1) is 18.0. The van der Waals surface area contributed by atoms with Gasteiger partial charge in [0.05, 0.1) is 0 Å². The Morgan fingerprint density at radius 3 is 2.19 bits per heavy atom. The molecule has 1 saturated heterocycles. The van der Waals surface area contributed by atoms with Crippen LogP contribution in [0.4, 0.5) is 5.82 Å². The minimum atomic E-state index is 0.796. The molecular weight excluding hydrogens is 352 g/mol. The van der Waals surface area contributed by atoms with Gasteiger partial charge in [-0.2, -0.15) is 0 Å². The standard InChI is InChI=1S/C22H24N4S/c1-2-25-13-15-26(16-14-25)20-17-21(27-19-11-7-4-8-12-19)24-22(23-20)18-9-5-3-6-10-18/h3-12,17H,2,13-16H2,1H3.